The Hall–Kier alpha value is -0.680. The van der Waals surface area contributed by atoms with Crippen LogP contribution in [-0.4, -0.2) is 36.1 Å². The van der Waals surface area contributed by atoms with Gasteiger partial charge in [-0.2, -0.15) is 0 Å². The maximum Gasteiger partial charge on any atom is 0.169 e. The largest absolute Gasteiger partial charge is 0.375 e. The molecule has 1 fully saturated rings. The maximum absolute atomic E-state index is 9.83. The number of nitrogens with zero attached hydrogens (tertiary/aromatic N) is 2. The Labute approximate surface area is 52.2 Å². The third-order valence-electron chi connectivity index (χ3n) is 1.18. The monoisotopic (exact) mass is 132 g/mol. The molecule has 0 radical (unpaired) electrons. The number of ether oxygens (including phenoxy) is 1. The molecule has 52 valence electrons. The number of hydrogen-bond donors (Lipinski definition) is 1. The molecular formula is C4H8N2O3. The van der Waals surface area contributed by atoms with E-state index in [1.54, 1.807) is 0 Å². The van der Waals surface area contributed by atoms with Crippen LogP contribution in [0.5, 0.6) is 0 Å². The Bertz CT molecular complexity index is 108. The number of nitroso groups, excluding NO2 is 1. The van der Waals surface area contributed by atoms with E-state index in [4.69, 9.17) is 9.84 Å². The molecule has 1 heterocycles. The molecule has 0 aromatic rings. The quantitative estimate of drug-likeness (QED) is 0.480. The topological polar surface area (TPSA) is 62.1 Å². The summed E-state index contributed by atoms with van der Waals surface area (Å²) in [4.78, 5) is 9.83. The predicted octanol–water partition coefficient (Wildman–Crippen LogP) is -0.682. The molecule has 0 bridgehead atoms. The van der Waals surface area contributed by atoms with E-state index in [-0.39, 0.29) is 6.61 Å². The van der Waals surface area contributed by atoms with Crippen LogP contribution >= 0.6 is 0 Å². The molecule has 0 aromatic heterocycles. The summed E-state index contributed by atoms with van der Waals surface area (Å²) < 4.78 is 4.82. The van der Waals surface area contributed by atoms with Crippen LogP contribution in [0.4, 0.5) is 0 Å². The van der Waals surface area contributed by atoms with E-state index in [1.807, 2.05) is 0 Å². The van der Waals surface area contributed by atoms with Crippen LogP contribution in [0, 0.1) is 4.91 Å². The lowest BCUT2D eigenvalue weighted by atomic mass is 10.5. The van der Waals surface area contributed by atoms with E-state index >= 15 is 0 Å². The van der Waals surface area contributed by atoms with E-state index in [0.29, 0.717) is 13.2 Å². The van der Waals surface area contributed by atoms with Gasteiger partial charge in [0, 0.05) is 0 Å². The van der Waals surface area contributed by atoms with Gasteiger partial charge < -0.3 is 9.84 Å². The van der Waals surface area contributed by atoms with E-state index in [2.05, 4.69) is 5.29 Å². The fraction of sp³-hybridized carbons (Fsp3) is 1.00. The third-order valence-corrected chi connectivity index (χ3v) is 1.18. The Balaban J connectivity index is 2.38. The summed E-state index contributed by atoms with van der Waals surface area (Å²) >= 11 is 0. The lowest BCUT2D eigenvalue weighted by molar-refractivity contribution is -0.105. The van der Waals surface area contributed by atoms with Crippen molar-refractivity contribution in [1.82, 2.24) is 5.01 Å². The molecule has 1 rings (SSSR count). The first-order chi connectivity index (χ1) is 4.34. The van der Waals surface area contributed by atoms with Gasteiger partial charge in [-0.1, -0.05) is 0 Å². The molecule has 0 saturated carbocycles. The van der Waals surface area contributed by atoms with Crippen molar-refractivity contribution in [2.45, 2.75) is 6.23 Å². The normalized spacial score (nSPS) is 28.1. The van der Waals surface area contributed by atoms with E-state index in [1.165, 1.54) is 0 Å². The first-order valence-electron chi connectivity index (χ1n) is 2.70. The zero-order valence-electron chi connectivity index (χ0n) is 4.86. The third kappa shape index (κ3) is 1.36. The van der Waals surface area contributed by atoms with Gasteiger partial charge in [0.2, 0.25) is 0 Å². The maximum atomic E-state index is 9.83. The fourth-order valence-corrected chi connectivity index (χ4v) is 0.677. The second-order valence-corrected chi connectivity index (χ2v) is 1.80. The zero-order chi connectivity index (χ0) is 6.69. The van der Waals surface area contributed by atoms with Crippen molar-refractivity contribution in [1.29, 1.82) is 0 Å². The van der Waals surface area contributed by atoms with Crippen LogP contribution in [0.25, 0.3) is 0 Å². The summed E-state index contributed by atoms with van der Waals surface area (Å²) in [6, 6.07) is 0. The van der Waals surface area contributed by atoms with Gasteiger partial charge in [0.15, 0.2) is 6.23 Å². The smallest absolute Gasteiger partial charge is 0.169 e. The first-order valence-corrected chi connectivity index (χ1v) is 2.70. The van der Waals surface area contributed by atoms with Gasteiger partial charge in [0.25, 0.3) is 0 Å². The number of hydrogen-bond acceptors (Lipinski definition) is 4. The molecule has 0 aromatic carbocycles. The zero-order valence-corrected chi connectivity index (χ0v) is 4.86. The molecule has 1 saturated heterocycles. The van der Waals surface area contributed by atoms with Crippen LogP contribution in [0.15, 0.2) is 5.29 Å². The van der Waals surface area contributed by atoms with Crippen molar-refractivity contribution in [2.75, 3.05) is 19.8 Å². The summed E-state index contributed by atoms with van der Waals surface area (Å²) in [5.41, 5.74) is 0. The van der Waals surface area contributed by atoms with Crippen molar-refractivity contribution in [3.63, 3.8) is 0 Å². The number of aliphatic hydroxyl groups excluding tert-OH is 1. The van der Waals surface area contributed by atoms with Crippen LogP contribution in [0.2, 0.25) is 0 Å². The molecular weight excluding hydrogens is 124 g/mol. The van der Waals surface area contributed by atoms with Crippen LogP contribution in [-0.2, 0) is 4.74 Å². The van der Waals surface area contributed by atoms with E-state index in [0.717, 1.165) is 5.01 Å². The van der Waals surface area contributed by atoms with Gasteiger partial charge in [-0.25, -0.2) is 5.01 Å². The van der Waals surface area contributed by atoms with Crippen molar-refractivity contribution in [2.24, 2.45) is 5.29 Å². The molecule has 9 heavy (non-hydrogen) atoms. The van der Waals surface area contributed by atoms with Crippen LogP contribution in [0.3, 0.4) is 0 Å². The highest BCUT2D eigenvalue weighted by Crippen LogP contribution is 2.02. The summed E-state index contributed by atoms with van der Waals surface area (Å²) in [6.45, 7) is 1.01. The Morgan fingerprint density at radius 3 is 3.00 bits per heavy atom. The Morgan fingerprint density at radius 1 is 1.78 bits per heavy atom. The number of morpholine rings is 1. The van der Waals surface area contributed by atoms with Gasteiger partial charge in [-0.3, -0.25) is 0 Å². The van der Waals surface area contributed by atoms with Crippen molar-refractivity contribution >= 4 is 0 Å². The average molecular weight is 132 g/mol. The molecule has 5 nitrogen and oxygen atoms in total. The van der Waals surface area contributed by atoms with Crippen molar-refractivity contribution < 1.29 is 9.84 Å². The molecule has 0 amide bonds. The fourth-order valence-electron chi connectivity index (χ4n) is 0.677. The highest BCUT2D eigenvalue weighted by Gasteiger charge is 2.18. The first kappa shape index (κ1) is 6.44. The number of aliphatic hydroxyl groups is 1. The standard InChI is InChI=1S/C4H8N2O3/c7-4-3-9-2-1-6(4)5-8/h4,7H,1-3H2. The van der Waals surface area contributed by atoms with Gasteiger partial charge in [-0.05, 0) is 0 Å². The summed E-state index contributed by atoms with van der Waals surface area (Å²) in [6.07, 6.45) is -0.851. The second kappa shape index (κ2) is 2.75. The molecule has 1 N–H and O–H groups in total. The SMILES string of the molecule is O=NN1CCOCC1O. The van der Waals surface area contributed by atoms with Crippen molar-refractivity contribution in [3.05, 3.63) is 4.91 Å². The minimum Gasteiger partial charge on any atom is -0.375 e. The molecule has 1 aliphatic heterocycles. The highest BCUT2D eigenvalue weighted by molar-refractivity contribution is 4.60. The molecule has 0 aliphatic carbocycles. The van der Waals surface area contributed by atoms with Gasteiger partial charge in [-0.15, -0.1) is 4.91 Å². The predicted molar refractivity (Wildman–Crippen MR) is 29.3 cm³/mol. The lowest BCUT2D eigenvalue weighted by Crippen LogP contribution is -2.41. The molecule has 1 aliphatic rings. The van der Waals surface area contributed by atoms with E-state index < -0.39 is 6.23 Å². The molecule has 1 unspecified atom stereocenters. The van der Waals surface area contributed by atoms with Crippen LogP contribution < -0.4 is 0 Å². The highest BCUT2D eigenvalue weighted by atomic mass is 16.5. The average Bonchev–Trinajstić information content (AvgIpc) is 1.89. The molecule has 5 heteroatoms. The minimum absolute atomic E-state index is 0.172. The molecule has 0 spiro atoms. The Morgan fingerprint density at radius 2 is 2.56 bits per heavy atom. The van der Waals surface area contributed by atoms with E-state index in [9.17, 15) is 4.91 Å². The summed E-state index contributed by atoms with van der Waals surface area (Å²) in [5.74, 6) is 0. The summed E-state index contributed by atoms with van der Waals surface area (Å²) in [5, 5.41) is 12.5. The van der Waals surface area contributed by atoms with Gasteiger partial charge in [0.1, 0.15) is 0 Å². The van der Waals surface area contributed by atoms with Gasteiger partial charge in [0.05, 0.1) is 25.0 Å². The minimum atomic E-state index is -0.851. The second-order valence-electron chi connectivity index (χ2n) is 1.80. The lowest BCUT2D eigenvalue weighted by Gasteiger charge is -2.25. The van der Waals surface area contributed by atoms with Gasteiger partial charge >= 0.3 is 0 Å². The van der Waals surface area contributed by atoms with Crippen LogP contribution in [0.1, 0.15) is 0 Å². The van der Waals surface area contributed by atoms with Crippen molar-refractivity contribution in [3.8, 4) is 0 Å². The summed E-state index contributed by atoms with van der Waals surface area (Å²) in [7, 11) is 0. The number of rotatable bonds is 1. The molecule has 1 atom stereocenters. The Kier molecular flexibility index (Phi) is 1.96.